The monoisotopic (exact) mass is 422 g/mol. The lowest BCUT2D eigenvalue weighted by Gasteiger charge is -2.31. The molecule has 1 aromatic heterocycles. The fourth-order valence-electron chi connectivity index (χ4n) is 5.05. The van der Waals surface area contributed by atoms with E-state index in [1.807, 2.05) is 37.3 Å². The van der Waals surface area contributed by atoms with Crippen LogP contribution < -0.4 is 4.31 Å². The maximum Gasteiger partial charge on any atom is 0.264 e. The largest absolute Gasteiger partial charge is 0.358 e. The third-order valence-electron chi connectivity index (χ3n) is 6.38. The number of Topliss-reactive ketones (excluding diaryl/α,β-unsaturated/α-hetero) is 1. The van der Waals surface area contributed by atoms with Crippen molar-refractivity contribution in [3.05, 3.63) is 58.8 Å². The minimum Gasteiger partial charge on any atom is -0.358 e. The number of hydrogen-bond donors (Lipinski definition) is 1. The van der Waals surface area contributed by atoms with Crippen LogP contribution in [-0.4, -0.2) is 25.7 Å². The molecule has 30 heavy (non-hydrogen) atoms. The molecular formula is C24H26N2O3S. The quantitative estimate of drug-likeness (QED) is 0.646. The first-order valence-electron chi connectivity index (χ1n) is 10.5. The molecule has 2 aromatic carbocycles. The molecule has 5 nitrogen and oxygen atoms in total. The number of ketones is 1. The fraction of sp³-hybridized carbons (Fsp3) is 0.375. The summed E-state index contributed by atoms with van der Waals surface area (Å²) in [4.78, 5) is 16.5. The summed E-state index contributed by atoms with van der Waals surface area (Å²) in [6, 6.07) is 11.3. The van der Waals surface area contributed by atoms with Crippen LogP contribution in [0.5, 0.6) is 0 Å². The van der Waals surface area contributed by atoms with Crippen molar-refractivity contribution in [2.75, 3.05) is 10.8 Å². The van der Waals surface area contributed by atoms with Gasteiger partial charge in [-0.2, -0.15) is 0 Å². The van der Waals surface area contributed by atoms with Crippen LogP contribution in [0.2, 0.25) is 0 Å². The van der Waals surface area contributed by atoms with E-state index in [1.165, 1.54) is 4.31 Å². The minimum absolute atomic E-state index is 0.0909. The number of carbonyl (C=O) groups excluding carboxylic acids is 1. The van der Waals surface area contributed by atoms with Gasteiger partial charge in [0.15, 0.2) is 5.78 Å². The number of anilines is 1. The molecule has 1 N–H and O–H groups in total. The van der Waals surface area contributed by atoms with E-state index in [-0.39, 0.29) is 11.2 Å². The Kier molecular flexibility index (Phi) is 4.16. The molecule has 6 heteroatoms. The van der Waals surface area contributed by atoms with Crippen LogP contribution in [0.1, 0.15) is 53.9 Å². The Morgan fingerprint density at radius 1 is 1.10 bits per heavy atom. The van der Waals surface area contributed by atoms with Crippen molar-refractivity contribution in [3.63, 3.8) is 0 Å². The number of para-hydroxylation sites is 1. The number of fused-ring (bicyclic) bond motifs is 4. The summed E-state index contributed by atoms with van der Waals surface area (Å²) in [5.74, 6) is 0.132. The Bertz CT molecular complexity index is 1300. The number of hydrogen-bond acceptors (Lipinski definition) is 3. The maximum absolute atomic E-state index is 13.7. The van der Waals surface area contributed by atoms with Crippen LogP contribution >= 0.6 is 0 Å². The van der Waals surface area contributed by atoms with E-state index in [9.17, 15) is 13.2 Å². The van der Waals surface area contributed by atoms with E-state index in [2.05, 4.69) is 18.8 Å². The first kappa shape index (κ1) is 19.4. The smallest absolute Gasteiger partial charge is 0.264 e. The van der Waals surface area contributed by atoms with Crippen LogP contribution in [0.4, 0.5) is 5.69 Å². The Balaban J connectivity index is 1.66. The third kappa shape index (κ3) is 2.88. The summed E-state index contributed by atoms with van der Waals surface area (Å²) in [5, 5.41) is 0.834. The normalized spacial score (nSPS) is 18.4. The second-order valence-corrected chi connectivity index (χ2v) is 11.2. The second-order valence-electron chi connectivity index (χ2n) is 9.39. The molecular weight excluding hydrogens is 396 g/mol. The zero-order valence-corrected chi connectivity index (χ0v) is 18.4. The maximum atomic E-state index is 13.7. The van der Waals surface area contributed by atoms with E-state index in [1.54, 1.807) is 6.07 Å². The lowest BCUT2D eigenvalue weighted by Crippen LogP contribution is -2.35. The number of aryl methyl sites for hydroxylation is 2. The van der Waals surface area contributed by atoms with Crippen molar-refractivity contribution < 1.29 is 13.2 Å². The van der Waals surface area contributed by atoms with Gasteiger partial charge in [-0.25, -0.2) is 8.42 Å². The molecule has 0 radical (unpaired) electrons. The predicted molar refractivity (Wildman–Crippen MR) is 119 cm³/mol. The van der Waals surface area contributed by atoms with Gasteiger partial charge in [-0.05, 0) is 60.9 Å². The summed E-state index contributed by atoms with van der Waals surface area (Å²) < 4.78 is 28.9. The van der Waals surface area contributed by atoms with Gasteiger partial charge < -0.3 is 4.98 Å². The molecule has 156 valence electrons. The van der Waals surface area contributed by atoms with E-state index in [0.29, 0.717) is 23.4 Å². The summed E-state index contributed by atoms with van der Waals surface area (Å²) in [7, 11) is -3.71. The van der Waals surface area contributed by atoms with Crippen molar-refractivity contribution in [2.45, 2.75) is 51.3 Å². The molecule has 0 saturated heterocycles. The highest BCUT2D eigenvalue weighted by Gasteiger charge is 2.35. The minimum atomic E-state index is -3.71. The van der Waals surface area contributed by atoms with Gasteiger partial charge in [-0.3, -0.25) is 9.10 Å². The Morgan fingerprint density at radius 3 is 2.67 bits per heavy atom. The lowest BCUT2D eigenvalue weighted by atomic mass is 9.76. The van der Waals surface area contributed by atoms with Crippen LogP contribution in [-0.2, 0) is 22.9 Å². The topological polar surface area (TPSA) is 70.2 Å². The number of rotatable bonds is 2. The van der Waals surface area contributed by atoms with Gasteiger partial charge in [0, 0.05) is 35.1 Å². The average molecular weight is 423 g/mol. The Morgan fingerprint density at radius 2 is 1.87 bits per heavy atom. The molecule has 1 aliphatic carbocycles. The molecule has 2 aliphatic rings. The van der Waals surface area contributed by atoms with Gasteiger partial charge in [0.25, 0.3) is 10.0 Å². The van der Waals surface area contributed by atoms with Crippen LogP contribution in [0.3, 0.4) is 0 Å². The number of aromatic nitrogens is 1. The number of carbonyl (C=O) groups is 1. The van der Waals surface area contributed by atoms with Crippen LogP contribution in [0, 0.1) is 12.3 Å². The van der Waals surface area contributed by atoms with E-state index in [0.717, 1.165) is 52.7 Å². The van der Waals surface area contributed by atoms with E-state index < -0.39 is 10.0 Å². The average Bonchev–Trinajstić information content (AvgIpc) is 3.02. The summed E-state index contributed by atoms with van der Waals surface area (Å²) in [6.45, 7) is 6.48. The summed E-state index contributed by atoms with van der Waals surface area (Å²) >= 11 is 0. The predicted octanol–water partition coefficient (Wildman–Crippen LogP) is 4.77. The molecule has 0 spiro atoms. The first-order chi connectivity index (χ1) is 14.2. The molecule has 0 bridgehead atoms. The molecule has 0 fully saturated rings. The van der Waals surface area contributed by atoms with Crippen molar-refractivity contribution in [1.29, 1.82) is 0 Å². The van der Waals surface area contributed by atoms with Gasteiger partial charge in [-0.1, -0.05) is 32.0 Å². The van der Waals surface area contributed by atoms with Crippen LogP contribution in [0.25, 0.3) is 10.9 Å². The zero-order valence-electron chi connectivity index (χ0n) is 17.6. The second kappa shape index (κ2) is 6.45. The standard InChI is InChI=1S/C24H26N2O3S/c1-15-11-17-18(25-19-13-24(2,3)14-21(27)23(17)19)12-22(15)30(28,29)26-10-6-8-16-7-4-5-9-20(16)26/h4-5,7,9,11-12,25H,6,8,10,13-14H2,1-3H3. The van der Waals surface area contributed by atoms with Gasteiger partial charge >= 0.3 is 0 Å². The highest BCUT2D eigenvalue weighted by Crippen LogP contribution is 2.40. The first-order valence-corrected chi connectivity index (χ1v) is 11.9. The highest BCUT2D eigenvalue weighted by molar-refractivity contribution is 7.92. The highest BCUT2D eigenvalue weighted by atomic mass is 32.2. The van der Waals surface area contributed by atoms with Gasteiger partial charge in [0.05, 0.1) is 10.6 Å². The van der Waals surface area contributed by atoms with Gasteiger partial charge in [0.1, 0.15) is 0 Å². The fourth-order valence-corrected chi connectivity index (χ4v) is 6.82. The lowest BCUT2D eigenvalue weighted by molar-refractivity contribution is 0.0913. The van der Waals surface area contributed by atoms with Gasteiger partial charge in [0.2, 0.25) is 0 Å². The third-order valence-corrected chi connectivity index (χ3v) is 8.34. The number of benzene rings is 2. The van der Waals surface area contributed by atoms with Crippen molar-refractivity contribution in [3.8, 4) is 0 Å². The molecule has 3 aromatic rings. The van der Waals surface area contributed by atoms with Crippen molar-refractivity contribution in [2.24, 2.45) is 5.41 Å². The van der Waals surface area contributed by atoms with E-state index in [4.69, 9.17) is 0 Å². The summed E-state index contributed by atoms with van der Waals surface area (Å²) in [5.41, 5.74) is 4.79. The SMILES string of the molecule is Cc1cc2c3c([nH]c2cc1S(=O)(=O)N1CCCc2ccccc21)CC(C)(C)CC3=O. The number of aromatic amines is 1. The number of nitrogens with zero attached hydrogens (tertiary/aromatic N) is 1. The van der Waals surface area contributed by atoms with Crippen LogP contribution in [0.15, 0.2) is 41.3 Å². The van der Waals surface area contributed by atoms with Crippen molar-refractivity contribution in [1.82, 2.24) is 4.98 Å². The number of H-pyrrole nitrogens is 1. The van der Waals surface area contributed by atoms with Gasteiger partial charge in [-0.15, -0.1) is 0 Å². The molecule has 5 rings (SSSR count). The molecule has 1 aliphatic heterocycles. The number of sulfonamides is 1. The molecule has 0 amide bonds. The molecule has 0 atom stereocenters. The Hall–Kier alpha value is -2.60. The van der Waals surface area contributed by atoms with E-state index >= 15 is 0 Å². The molecule has 2 heterocycles. The molecule has 0 unspecified atom stereocenters. The summed E-state index contributed by atoms with van der Waals surface area (Å²) in [6.07, 6.45) is 2.99. The van der Waals surface area contributed by atoms with Crippen molar-refractivity contribution >= 4 is 32.4 Å². The molecule has 0 saturated carbocycles. The number of nitrogens with one attached hydrogen (secondary N) is 1. The zero-order chi connectivity index (χ0) is 21.3. The Labute approximate surface area is 177 Å².